The van der Waals surface area contributed by atoms with Gasteiger partial charge in [0.2, 0.25) is 0 Å². The summed E-state index contributed by atoms with van der Waals surface area (Å²) in [6.07, 6.45) is 4.47. The van der Waals surface area contributed by atoms with Crippen molar-refractivity contribution in [3.63, 3.8) is 0 Å². The molecule has 0 amide bonds. The average Bonchev–Trinajstić information content (AvgIpc) is 2.03. The predicted molar refractivity (Wildman–Crippen MR) is 59.8 cm³/mol. The molecular formula is C12H20N2W. The van der Waals surface area contributed by atoms with Gasteiger partial charge < -0.3 is 15.9 Å². The number of aromatic nitrogens is 2. The van der Waals surface area contributed by atoms with Crippen molar-refractivity contribution in [3.8, 4) is 0 Å². The molecule has 0 aromatic carbocycles. The van der Waals surface area contributed by atoms with Crippen LogP contribution in [-0.4, -0.2) is 9.97 Å². The second-order valence-corrected chi connectivity index (χ2v) is 4.76. The van der Waals surface area contributed by atoms with Crippen molar-refractivity contribution in [2.75, 3.05) is 0 Å². The minimum absolute atomic E-state index is 0. The SMILES string of the molecule is CC(C)(C)c1n[c-]ccn1.C[C-](C)C.[W+2]. The van der Waals surface area contributed by atoms with Gasteiger partial charge in [0.25, 0.3) is 0 Å². The fraction of sp³-hybridized carbons (Fsp3) is 0.583. The molecule has 15 heavy (non-hydrogen) atoms. The maximum absolute atomic E-state index is 4.11. The van der Waals surface area contributed by atoms with Crippen LogP contribution in [0.15, 0.2) is 12.3 Å². The Labute approximate surface area is 108 Å². The molecule has 0 atom stereocenters. The van der Waals surface area contributed by atoms with E-state index in [1.807, 2.05) is 0 Å². The average molecular weight is 376 g/mol. The van der Waals surface area contributed by atoms with Gasteiger partial charge in [-0.25, -0.2) is 0 Å². The molecule has 0 aliphatic heterocycles. The van der Waals surface area contributed by atoms with Crippen LogP contribution in [0.2, 0.25) is 0 Å². The second kappa shape index (κ2) is 7.98. The summed E-state index contributed by atoms with van der Waals surface area (Å²) in [6, 6.07) is 1.70. The van der Waals surface area contributed by atoms with E-state index in [-0.39, 0.29) is 26.5 Å². The van der Waals surface area contributed by atoms with E-state index < -0.39 is 0 Å². The van der Waals surface area contributed by atoms with Crippen LogP contribution in [0.4, 0.5) is 0 Å². The van der Waals surface area contributed by atoms with Crippen LogP contribution in [0.3, 0.4) is 0 Å². The van der Waals surface area contributed by atoms with E-state index in [0.717, 1.165) is 5.82 Å². The summed E-state index contributed by atoms with van der Waals surface area (Å²) in [6.45, 7) is 12.5. The minimum atomic E-state index is 0. The van der Waals surface area contributed by atoms with E-state index in [4.69, 9.17) is 0 Å². The molecule has 0 spiro atoms. The molecule has 0 aliphatic carbocycles. The van der Waals surface area contributed by atoms with Crippen molar-refractivity contribution >= 4 is 0 Å². The first kappa shape index (κ1) is 17.2. The first-order chi connectivity index (χ1) is 6.34. The van der Waals surface area contributed by atoms with Gasteiger partial charge >= 0.3 is 21.1 Å². The van der Waals surface area contributed by atoms with Crippen molar-refractivity contribution in [2.24, 2.45) is 0 Å². The first-order valence-electron chi connectivity index (χ1n) is 4.80. The van der Waals surface area contributed by atoms with Gasteiger partial charge in [0, 0.05) is 5.82 Å². The number of nitrogens with zero attached hydrogens (tertiary/aromatic N) is 2. The quantitative estimate of drug-likeness (QED) is 0.650. The predicted octanol–water partition coefficient (Wildman–Crippen LogP) is 3.19. The normalized spacial score (nSPS) is 10.1. The molecule has 0 saturated carbocycles. The van der Waals surface area contributed by atoms with Gasteiger partial charge in [-0.2, -0.15) is 20.8 Å². The third-order valence-corrected chi connectivity index (χ3v) is 1.19. The fourth-order valence-corrected chi connectivity index (χ4v) is 0.630. The molecule has 0 bridgehead atoms. The fourth-order valence-electron chi connectivity index (χ4n) is 0.630. The van der Waals surface area contributed by atoms with Gasteiger partial charge in [-0.3, -0.25) is 0 Å². The monoisotopic (exact) mass is 376 g/mol. The van der Waals surface area contributed by atoms with Crippen molar-refractivity contribution in [3.05, 3.63) is 30.2 Å². The Morgan fingerprint density at radius 1 is 1.20 bits per heavy atom. The molecule has 1 aromatic heterocycles. The maximum atomic E-state index is 4.11. The van der Waals surface area contributed by atoms with E-state index in [9.17, 15) is 0 Å². The molecule has 0 N–H and O–H groups in total. The molecule has 1 rings (SSSR count). The zero-order valence-corrected chi connectivity index (χ0v) is 13.4. The van der Waals surface area contributed by atoms with Crippen molar-refractivity contribution < 1.29 is 21.1 Å². The molecule has 0 aliphatic rings. The van der Waals surface area contributed by atoms with E-state index >= 15 is 0 Å². The first-order valence-corrected chi connectivity index (χ1v) is 4.80. The van der Waals surface area contributed by atoms with Gasteiger partial charge in [-0.15, -0.1) is 6.07 Å². The van der Waals surface area contributed by atoms with Crippen molar-refractivity contribution in [1.29, 1.82) is 0 Å². The van der Waals surface area contributed by atoms with Crippen LogP contribution in [0, 0.1) is 12.1 Å². The molecule has 0 fully saturated rings. The molecule has 0 saturated heterocycles. The third kappa shape index (κ3) is 10.1. The molecular weight excluding hydrogens is 356 g/mol. The number of hydrogen-bond acceptors (Lipinski definition) is 2. The van der Waals surface area contributed by atoms with Crippen LogP contribution < -0.4 is 0 Å². The Morgan fingerprint density at radius 2 is 1.67 bits per heavy atom. The van der Waals surface area contributed by atoms with Gasteiger partial charge in [-0.05, 0) is 5.41 Å². The van der Waals surface area contributed by atoms with E-state index in [1.165, 1.54) is 5.92 Å². The molecule has 2 nitrogen and oxygen atoms in total. The Bertz CT molecular complexity index is 237. The Balaban J connectivity index is 0. The van der Waals surface area contributed by atoms with Crippen LogP contribution in [0.5, 0.6) is 0 Å². The summed E-state index contributed by atoms with van der Waals surface area (Å²) in [5.41, 5.74) is 0.0394. The van der Waals surface area contributed by atoms with Crippen molar-refractivity contribution in [1.82, 2.24) is 9.97 Å². The van der Waals surface area contributed by atoms with E-state index in [0.29, 0.717) is 0 Å². The zero-order valence-electron chi connectivity index (χ0n) is 10.5. The van der Waals surface area contributed by atoms with Gasteiger partial charge in [0.05, 0.1) is 0 Å². The largest absolute Gasteiger partial charge is 2.00 e. The number of hydrogen-bond donors (Lipinski definition) is 0. The molecule has 0 radical (unpaired) electrons. The van der Waals surface area contributed by atoms with Crippen LogP contribution in [-0.2, 0) is 26.5 Å². The van der Waals surface area contributed by atoms with E-state index in [2.05, 4.69) is 57.7 Å². The zero-order chi connectivity index (χ0) is 11.2. The number of rotatable bonds is 0. The maximum Gasteiger partial charge on any atom is 2.00 e. The summed E-state index contributed by atoms with van der Waals surface area (Å²) in [4.78, 5) is 8.12. The smallest absolute Gasteiger partial charge is 0.373 e. The topological polar surface area (TPSA) is 25.8 Å². The Hall–Kier alpha value is -0.232. The van der Waals surface area contributed by atoms with Gasteiger partial charge in [0.1, 0.15) is 0 Å². The van der Waals surface area contributed by atoms with Crippen molar-refractivity contribution in [2.45, 2.75) is 47.0 Å². The summed E-state index contributed by atoms with van der Waals surface area (Å²) in [5.74, 6) is 2.26. The molecule has 1 aromatic rings. The van der Waals surface area contributed by atoms with Crippen LogP contribution in [0.25, 0.3) is 0 Å². The summed E-state index contributed by atoms with van der Waals surface area (Å²) in [7, 11) is 0. The standard InChI is InChI=1S/C8H11N2.C4H9.W/c1-8(2,3)7-9-5-4-6-10-7;1-4(2)3;/h4-5H,1-3H3;1-3H3;/q2*-1;+2. The molecule has 1 heterocycles. The third-order valence-electron chi connectivity index (χ3n) is 1.19. The molecule has 3 heteroatoms. The van der Waals surface area contributed by atoms with Crippen LogP contribution in [0.1, 0.15) is 47.4 Å². The van der Waals surface area contributed by atoms with Gasteiger partial charge in [-0.1, -0.05) is 33.2 Å². The summed E-state index contributed by atoms with van der Waals surface area (Å²) >= 11 is 0. The second-order valence-electron chi connectivity index (χ2n) is 4.76. The van der Waals surface area contributed by atoms with E-state index in [1.54, 1.807) is 12.3 Å². The summed E-state index contributed by atoms with van der Waals surface area (Å²) < 4.78 is 0. The minimum Gasteiger partial charge on any atom is -0.373 e. The Kier molecular flexibility index (Phi) is 9.14. The molecule has 84 valence electrons. The summed E-state index contributed by atoms with van der Waals surface area (Å²) in [5, 5.41) is 0. The van der Waals surface area contributed by atoms with Crippen LogP contribution >= 0.6 is 0 Å². The Morgan fingerprint density at radius 3 is 1.87 bits per heavy atom. The molecule has 0 unspecified atom stereocenters. The van der Waals surface area contributed by atoms with Gasteiger partial charge in [0.15, 0.2) is 0 Å².